The van der Waals surface area contributed by atoms with Crippen LogP contribution in [0.25, 0.3) is 11.1 Å². The van der Waals surface area contributed by atoms with Gasteiger partial charge in [0.05, 0.1) is 0 Å². The van der Waals surface area contributed by atoms with Gasteiger partial charge in [0.25, 0.3) is 0 Å². The molecule has 3 rings (SSSR count). The summed E-state index contributed by atoms with van der Waals surface area (Å²) >= 11 is 0. The summed E-state index contributed by atoms with van der Waals surface area (Å²) in [6.45, 7) is 0.759. The lowest BCUT2D eigenvalue weighted by molar-refractivity contribution is 0.420. The van der Waals surface area contributed by atoms with Crippen LogP contribution in [0.1, 0.15) is 36.3 Å². The topological polar surface area (TPSA) is 12.0 Å². The molecule has 104 valence electrons. The molecule has 0 aliphatic heterocycles. The monoisotopic (exact) mass is 269 g/mol. The maximum Gasteiger partial charge on any atom is 0.123 e. The number of rotatable bonds is 4. The molecule has 2 aromatic rings. The van der Waals surface area contributed by atoms with Gasteiger partial charge >= 0.3 is 0 Å². The fraction of sp³-hybridized carbons (Fsp3) is 0.333. The fourth-order valence-electron chi connectivity index (χ4n) is 2.96. The average molecular weight is 269 g/mol. The van der Waals surface area contributed by atoms with E-state index in [9.17, 15) is 4.39 Å². The maximum atomic E-state index is 13.7. The minimum atomic E-state index is -0.164. The summed E-state index contributed by atoms with van der Waals surface area (Å²) in [4.78, 5) is 0. The summed E-state index contributed by atoms with van der Waals surface area (Å²) in [6.07, 6.45) is 3.83. The van der Waals surface area contributed by atoms with Crippen molar-refractivity contribution < 1.29 is 4.39 Å². The Bertz CT molecular complexity index is 602. The van der Waals surface area contributed by atoms with Gasteiger partial charge in [-0.15, -0.1) is 0 Å². The van der Waals surface area contributed by atoms with Crippen molar-refractivity contribution in [3.63, 3.8) is 0 Å². The number of nitrogens with one attached hydrogen (secondary N) is 1. The van der Waals surface area contributed by atoms with E-state index in [1.165, 1.54) is 30.4 Å². The normalized spacial score (nSPS) is 15.1. The van der Waals surface area contributed by atoms with Crippen molar-refractivity contribution in [3.8, 4) is 11.1 Å². The fourth-order valence-corrected chi connectivity index (χ4v) is 2.96. The molecule has 1 fully saturated rings. The van der Waals surface area contributed by atoms with Crippen LogP contribution in [0.15, 0.2) is 42.5 Å². The van der Waals surface area contributed by atoms with Gasteiger partial charge in [0.1, 0.15) is 5.82 Å². The number of hydrogen-bond donors (Lipinski definition) is 1. The Kier molecular flexibility index (Phi) is 3.83. The molecule has 2 aromatic carbocycles. The molecule has 1 N–H and O–H groups in total. The zero-order valence-corrected chi connectivity index (χ0v) is 11.8. The zero-order valence-electron chi connectivity index (χ0n) is 11.8. The molecule has 0 unspecified atom stereocenters. The summed E-state index contributed by atoms with van der Waals surface area (Å²) < 4.78 is 13.7. The summed E-state index contributed by atoms with van der Waals surface area (Å²) in [5, 5.41) is 3.17. The molecule has 0 saturated heterocycles. The predicted octanol–water partition coefficient (Wildman–Crippen LogP) is 4.48. The molecule has 0 heterocycles. The second kappa shape index (κ2) is 5.76. The molecule has 1 saturated carbocycles. The first kappa shape index (κ1) is 13.3. The van der Waals surface area contributed by atoms with Crippen LogP contribution >= 0.6 is 0 Å². The Morgan fingerprint density at radius 3 is 2.60 bits per heavy atom. The van der Waals surface area contributed by atoms with Crippen LogP contribution in [0.2, 0.25) is 0 Å². The van der Waals surface area contributed by atoms with Gasteiger partial charge in [-0.1, -0.05) is 36.8 Å². The highest BCUT2D eigenvalue weighted by molar-refractivity contribution is 5.71. The van der Waals surface area contributed by atoms with Gasteiger partial charge in [-0.05, 0) is 60.2 Å². The number of halogens is 1. The average Bonchev–Trinajstić information content (AvgIpc) is 2.40. The lowest BCUT2D eigenvalue weighted by Gasteiger charge is -2.28. The Morgan fingerprint density at radius 2 is 1.90 bits per heavy atom. The van der Waals surface area contributed by atoms with Crippen molar-refractivity contribution in [3.05, 3.63) is 59.4 Å². The van der Waals surface area contributed by atoms with Gasteiger partial charge in [-0.25, -0.2) is 4.39 Å². The van der Waals surface area contributed by atoms with Crippen molar-refractivity contribution in [2.24, 2.45) is 0 Å². The highest BCUT2D eigenvalue weighted by atomic mass is 19.1. The van der Waals surface area contributed by atoms with E-state index in [1.807, 2.05) is 19.2 Å². The Labute approximate surface area is 119 Å². The SMILES string of the molecule is CNCc1ccc(F)cc1-c1ccccc1C1CCC1. The standard InChI is InChI=1S/C18H20FN/c1-20-12-14-9-10-15(19)11-18(14)17-8-3-2-7-16(17)13-5-4-6-13/h2-3,7-11,13,20H,4-6,12H2,1H3. The molecule has 0 aromatic heterocycles. The summed E-state index contributed by atoms with van der Waals surface area (Å²) in [7, 11) is 1.92. The minimum Gasteiger partial charge on any atom is -0.316 e. The molecule has 1 aliphatic carbocycles. The van der Waals surface area contributed by atoms with E-state index in [1.54, 1.807) is 12.1 Å². The third-order valence-corrected chi connectivity index (χ3v) is 4.24. The Morgan fingerprint density at radius 1 is 1.10 bits per heavy atom. The van der Waals surface area contributed by atoms with Crippen molar-refractivity contribution in [1.29, 1.82) is 0 Å². The molecule has 0 bridgehead atoms. The van der Waals surface area contributed by atoms with E-state index in [-0.39, 0.29) is 5.82 Å². The lowest BCUT2D eigenvalue weighted by Crippen LogP contribution is -2.11. The van der Waals surface area contributed by atoms with Crippen LogP contribution in [0.5, 0.6) is 0 Å². The second-order valence-corrected chi connectivity index (χ2v) is 5.55. The molecular formula is C18H20FN. The van der Waals surface area contributed by atoms with Crippen LogP contribution in [-0.2, 0) is 6.54 Å². The summed E-state index contributed by atoms with van der Waals surface area (Å²) in [6, 6.07) is 13.6. The highest BCUT2D eigenvalue weighted by Crippen LogP contribution is 2.41. The molecule has 1 aliphatic rings. The Balaban J connectivity index is 2.10. The van der Waals surface area contributed by atoms with Gasteiger partial charge in [-0.3, -0.25) is 0 Å². The Hall–Kier alpha value is -1.67. The molecule has 0 atom stereocenters. The third-order valence-electron chi connectivity index (χ3n) is 4.24. The van der Waals surface area contributed by atoms with E-state index in [0.29, 0.717) is 5.92 Å². The zero-order chi connectivity index (χ0) is 13.9. The van der Waals surface area contributed by atoms with Crippen molar-refractivity contribution >= 4 is 0 Å². The predicted molar refractivity (Wildman–Crippen MR) is 81.2 cm³/mol. The first-order chi connectivity index (χ1) is 9.79. The molecule has 0 spiro atoms. The summed E-state index contributed by atoms with van der Waals surface area (Å²) in [5.41, 5.74) is 4.76. The van der Waals surface area contributed by atoms with E-state index >= 15 is 0 Å². The van der Waals surface area contributed by atoms with Gasteiger partial charge in [0.2, 0.25) is 0 Å². The van der Waals surface area contributed by atoms with Gasteiger partial charge in [-0.2, -0.15) is 0 Å². The van der Waals surface area contributed by atoms with Crippen molar-refractivity contribution in [2.45, 2.75) is 31.7 Å². The van der Waals surface area contributed by atoms with E-state index in [0.717, 1.165) is 17.7 Å². The molecule has 2 heteroatoms. The molecule has 0 radical (unpaired) electrons. The van der Waals surface area contributed by atoms with Crippen LogP contribution in [0.3, 0.4) is 0 Å². The maximum absolute atomic E-state index is 13.7. The van der Waals surface area contributed by atoms with Gasteiger partial charge in [0, 0.05) is 6.54 Å². The second-order valence-electron chi connectivity index (χ2n) is 5.55. The first-order valence-corrected chi connectivity index (χ1v) is 7.32. The highest BCUT2D eigenvalue weighted by Gasteiger charge is 2.23. The van der Waals surface area contributed by atoms with Crippen LogP contribution in [0.4, 0.5) is 4.39 Å². The van der Waals surface area contributed by atoms with Gasteiger partial charge in [0.15, 0.2) is 0 Å². The van der Waals surface area contributed by atoms with Crippen LogP contribution in [0, 0.1) is 5.82 Å². The first-order valence-electron chi connectivity index (χ1n) is 7.32. The smallest absolute Gasteiger partial charge is 0.123 e. The van der Waals surface area contributed by atoms with Crippen LogP contribution in [-0.4, -0.2) is 7.05 Å². The van der Waals surface area contributed by atoms with Crippen molar-refractivity contribution in [1.82, 2.24) is 5.32 Å². The molecule has 1 nitrogen and oxygen atoms in total. The quantitative estimate of drug-likeness (QED) is 0.863. The van der Waals surface area contributed by atoms with Crippen molar-refractivity contribution in [2.75, 3.05) is 7.05 Å². The van der Waals surface area contributed by atoms with E-state index in [2.05, 4.69) is 23.5 Å². The van der Waals surface area contributed by atoms with E-state index < -0.39 is 0 Å². The minimum absolute atomic E-state index is 0.164. The van der Waals surface area contributed by atoms with Crippen LogP contribution < -0.4 is 5.32 Å². The van der Waals surface area contributed by atoms with Gasteiger partial charge < -0.3 is 5.32 Å². The number of hydrogen-bond acceptors (Lipinski definition) is 1. The molecular weight excluding hydrogens is 249 g/mol. The summed E-state index contributed by atoms with van der Waals surface area (Å²) in [5.74, 6) is 0.486. The molecule has 0 amide bonds. The molecule has 20 heavy (non-hydrogen) atoms. The van der Waals surface area contributed by atoms with E-state index in [4.69, 9.17) is 0 Å². The third kappa shape index (κ3) is 2.48. The number of benzene rings is 2. The largest absolute Gasteiger partial charge is 0.316 e. The lowest BCUT2D eigenvalue weighted by atomic mass is 9.77.